The molecule has 3 nitrogen and oxygen atoms in total. The van der Waals surface area contributed by atoms with Crippen LogP contribution in [-0.4, -0.2) is 21.4 Å². The number of benzene rings is 2. The highest BCUT2D eigenvalue weighted by Gasteiger charge is 2.44. The van der Waals surface area contributed by atoms with Crippen molar-refractivity contribution in [2.45, 2.75) is 84.1 Å². The second kappa shape index (κ2) is 7.21. The van der Waals surface area contributed by atoms with Crippen molar-refractivity contribution in [1.82, 2.24) is 9.38 Å². The number of hydrogen-bond donors (Lipinski definition) is 0. The third-order valence-corrected chi connectivity index (χ3v) is 9.13. The molecule has 0 radical (unpaired) electrons. The average molecular weight is 459 g/mol. The molecule has 172 valence electrons. The molecule has 0 saturated carbocycles. The first-order valence-electron chi connectivity index (χ1n) is 12.6. The monoisotopic (exact) mass is 458 g/mol. The first-order valence-corrected chi connectivity index (χ1v) is 14.0. The molecule has 2 aromatic carbocycles. The number of hydrogen-bond acceptors (Lipinski definition) is 2. The molecule has 2 bridgehead atoms. The van der Waals surface area contributed by atoms with Crippen molar-refractivity contribution in [2.75, 3.05) is 12.0 Å². The first-order chi connectivity index (χ1) is 15.8. The Morgan fingerprint density at radius 3 is 2.55 bits per heavy atom. The van der Waals surface area contributed by atoms with Gasteiger partial charge in [0.25, 0.3) is 5.65 Å². The van der Waals surface area contributed by atoms with Gasteiger partial charge in [-0.25, -0.2) is 9.55 Å². The SMILES string of the molecule is CCC12CCc3cc4c(cc3C)n3c(CCSC)nc5cc(C(C)(C)C)cc(c5c3[n+]41)CC2. The maximum atomic E-state index is 5.39. The molecular formula is C29H36N3S+. The van der Waals surface area contributed by atoms with Crippen molar-refractivity contribution >= 4 is 39.3 Å². The topological polar surface area (TPSA) is 21.2 Å². The van der Waals surface area contributed by atoms with Crippen LogP contribution in [0.5, 0.6) is 0 Å². The Hall–Kier alpha value is -2.07. The van der Waals surface area contributed by atoms with Crippen LogP contribution in [0, 0.1) is 6.92 Å². The largest absolute Gasteiger partial charge is 0.299 e. The number of imidazole rings is 1. The van der Waals surface area contributed by atoms with E-state index >= 15 is 0 Å². The van der Waals surface area contributed by atoms with E-state index in [-0.39, 0.29) is 11.0 Å². The molecule has 0 spiro atoms. The van der Waals surface area contributed by atoms with Crippen LogP contribution >= 0.6 is 11.8 Å². The van der Waals surface area contributed by atoms with Gasteiger partial charge in [-0.15, -0.1) is 0 Å². The molecule has 1 unspecified atom stereocenters. The zero-order chi connectivity index (χ0) is 23.1. The molecular weight excluding hydrogens is 422 g/mol. The van der Waals surface area contributed by atoms with Crippen LogP contribution in [0.4, 0.5) is 0 Å². The lowest BCUT2D eigenvalue weighted by Crippen LogP contribution is -2.55. The standard InChI is InChI=1S/C29H36N3S/c1-7-29-11-8-19-16-24-23(14-18(19)2)31-25(10-13-33-6)30-22-17-21(28(3,4)5)15-20(9-12-29)26(22)27(31)32(24)29/h14-17H,7-13H2,1-6H3/q+1. The summed E-state index contributed by atoms with van der Waals surface area (Å²) in [6.07, 6.45) is 9.11. The van der Waals surface area contributed by atoms with Crippen molar-refractivity contribution in [3.8, 4) is 0 Å². The van der Waals surface area contributed by atoms with Gasteiger partial charge >= 0.3 is 0 Å². The number of nitrogens with zero attached hydrogens (tertiary/aromatic N) is 3. The van der Waals surface area contributed by atoms with Gasteiger partial charge in [0.05, 0.1) is 10.9 Å². The van der Waals surface area contributed by atoms with Crippen LogP contribution in [0.2, 0.25) is 0 Å². The van der Waals surface area contributed by atoms with Gasteiger partial charge in [0.15, 0.2) is 11.0 Å². The summed E-state index contributed by atoms with van der Waals surface area (Å²) in [7, 11) is 0. The van der Waals surface area contributed by atoms with E-state index in [0.717, 1.165) is 18.6 Å². The Balaban J connectivity index is 1.86. The van der Waals surface area contributed by atoms with E-state index in [1.54, 1.807) is 0 Å². The van der Waals surface area contributed by atoms with E-state index in [4.69, 9.17) is 4.98 Å². The Labute approximate surface area is 201 Å². The maximum absolute atomic E-state index is 5.39. The van der Waals surface area contributed by atoms with Crippen molar-refractivity contribution in [2.24, 2.45) is 0 Å². The smallest absolute Gasteiger partial charge is 0.217 e. The minimum atomic E-state index is 0.117. The second-order valence-electron chi connectivity index (χ2n) is 11.4. The van der Waals surface area contributed by atoms with E-state index in [2.05, 4.69) is 74.1 Å². The normalized spacial score (nSPS) is 19.9. The predicted octanol–water partition coefficient (Wildman–Crippen LogP) is 6.44. The molecule has 0 aliphatic carbocycles. The van der Waals surface area contributed by atoms with E-state index in [0.29, 0.717) is 0 Å². The molecule has 4 heteroatoms. The average Bonchev–Trinajstić information content (AvgIpc) is 2.94. The number of thioether (sulfide) groups is 1. The Morgan fingerprint density at radius 2 is 1.85 bits per heavy atom. The van der Waals surface area contributed by atoms with Gasteiger partial charge in [0.1, 0.15) is 5.54 Å². The van der Waals surface area contributed by atoms with Crippen molar-refractivity contribution < 1.29 is 4.57 Å². The fraction of sp³-hybridized carbons (Fsp3) is 0.517. The summed E-state index contributed by atoms with van der Waals surface area (Å²) in [6, 6.07) is 9.84. The second-order valence-corrected chi connectivity index (χ2v) is 12.4. The Bertz CT molecular complexity index is 1440. The third-order valence-electron chi connectivity index (χ3n) is 8.52. The minimum Gasteiger partial charge on any atom is -0.217 e. The van der Waals surface area contributed by atoms with Crippen LogP contribution in [0.1, 0.15) is 75.0 Å². The third kappa shape index (κ3) is 2.95. The number of fused-ring (bicyclic) bond motifs is 2. The number of aromatic nitrogens is 3. The summed E-state index contributed by atoms with van der Waals surface area (Å²) >= 11 is 1.91. The van der Waals surface area contributed by atoms with E-state index < -0.39 is 0 Å². The van der Waals surface area contributed by atoms with E-state index in [1.165, 1.54) is 81.3 Å². The molecule has 33 heavy (non-hydrogen) atoms. The van der Waals surface area contributed by atoms with Crippen LogP contribution in [0.25, 0.3) is 27.6 Å². The quantitative estimate of drug-likeness (QED) is 0.328. The highest BCUT2D eigenvalue weighted by Crippen LogP contribution is 2.41. The zero-order valence-electron chi connectivity index (χ0n) is 21.0. The summed E-state index contributed by atoms with van der Waals surface area (Å²) in [5, 5.41) is 1.39. The first kappa shape index (κ1) is 21.5. The van der Waals surface area contributed by atoms with Gasteiger partial charge in [-0.2, -0.15) is 16.2 Å². The summed E-state index contributed by atoms with van der Waals surface area (Å²) in [5.74, 6) is 2.31. The van der Waals surface area contributed by atoms with Crippen molar-refractivity contribution in [3.05, 3.63) is 52.3 Å². The fourth-order valence-corrected chi connectivity index (χ4v) is 6.84. The molecule has 6 rings (SSSR count). The van der Waals surface area contributed by atoms with Gasteiger partial charge in [-0.3, -0.25) is 0 Å². The molecule has 0 amide bonds. The van der Waals surface area contributed by atoms with E-state index in [1.807, 2.05) is 11.8 Å². The molecule has 1 atom stereocenters. The summed E-state index contributed by atoms with van der Waals surface area (Å²) in [5.41, 5.74) is 11.5. The van der Waals surface area contributed by atoms with Crippen LogP contribution in [-0.2, 0) is 30.2 Å². The number of aryl methyl sites for hydroxylation is 4. The molecule has 2 aliphatic heterocycles. The lowest BCUT2D eigenvalue weighted by molar-refractivity contribution is -0.721. The molecule has 4 aromatic rings. The molecule has 2 aromatic heterocycles. The fourth-order valence-electron chi connectivity index (χ4n) is 6.45. The van der Waals surface area contributed by atoms with Gasteiger partial charge in [0.2, 0.25) is 5.82 Å². The highest BCUT2D eigenvalue weighted by molar-refractivity contribution is 7.98. The lowest BCUT2D eigenvalue weighted by Gasteiger charge is -2.29. The van der Waals surface area contributed by atoms with E-state index in [9.17, 15) is 0 Å². The summed E-state index contributed by atoms with van der Waals surface area (Å²) in [6.45, 7) is 11.7. The Morgan fingerprint density at radius 1 is 1.09 bits per heavy atom. The lowest BCUT2D eigenvalue weighted by atomic mass is 9.82. The van der Waals surface area contributed by atoms with Crippen molar-refractivity contribution in [1.29, 1.82) is 0 Å². The molecule has 4 heterocycles. The summed E-state index contributed by atoms with van der Waals surface area (Å²) < 4.78 is 5.32. The molecule has 2 aliphatic rings. The minimum absolute atomic E-state index is 0.117. The number of rotatable bonds is 4. The summed E-state index contributed by atoms with van der Waals surface area (Å²) in [4.78, 5) is 5.39. The zero-order valence-corrected chi connectivity index (χ0v) is 21.8. The van der Waals surface area contributed by atoms with Crippen LogP contribution in [0.3, 0.4) is 0 Å². The Kier molecular flexibility index (Phi) is 4.69. The highest BCUT2D eigenvalue weighted by atomic mass is 32.2. The van der Waals surface area contributed by atoms with Crippen LogP contribution in [0.15, 0.2) is 24.3 Å². The molecule has 0 saturated heterocycles. The van der Waals surface area contributed by atoms with Gasteiger partial charge in [-0.05, 0) is 91.2 Å². The van der Waals surface area contributed by atoms with Crippen LogP contribution < -0.4 is 4.57 Å². The predicted molar refractivity (Wildman–Crippen MR) is 141 cm³/mol. The molecule has 0 fully saturated rings. The van der Waals surface area contributed by atoms with Gasteiger partial charge in [0, 0.05) is 12.2 Å². The van der Waals surface area contributed by atoms with Gasteiger partial charge < -0.3 is 0 Å². The van der Waals surface area contributed by atoms with Crippen molar-refractivity contribution in [3.63, 3.8) is 0 Å². The maximum Gasteiger partial charge on any atom is 0.299 e. The van der Waals surface area contributed by atoms with Gasteiger partial charge in [-0.1, -0.05) is 33.8 Å². The molecule has 0 N–H and O–H groups in total.